The highest BCUT2D eigenvalue weighted by Gasteiger charge is 2.40. The third-order valence-electron chi connectivity index (χ3n) is 4.81. The van der Waals surface area contributed by atoms with Gasteiger partial charge in [-0.05, 0) is 55.8 Å². The lowest BCUT2D eigenvalue weighted by Crippen LogP contribution is -2.40. The quantitative estimate of drug-likeness (QED) is 0.873. The van der Waals surface area contributed by atoms with E-state index < -0.39 is 0 Å². The summed E-state index contributed by atoms with van der Waals surface area (Å²) in [5.41, 5.74) is 6.82. The number of phenols is 1. The van der Waals surface area contributed by atoms with Gasteiger partial charge in [0.25, 0.3) is 0 Å². The summed E-state index contributed by atoms with van der Waals surface area (Å²) < 4.78 is 0. The molecular formula is C17H24N2O2. The topological polar surface area (TPSA) is 66.6 Å². The van der Waals surface area contributed by atoms with E-state index in [2.05, 4.69) is 0 Å². The lowest BCUT2D eigenvalue weighted by Gasteiger charge is -2.28. The number of aromatic hydroxyl groups is 1. The van der Waals surface area contributed by atoms with E-state index in [1.165, 1.54) is 0 Å². The Morgan fingerprint density at radius 2 is 2.10 bits per heavy atom. The van der Waals surface area contributed by atoms with Crippen molar-refractivity contribution in [3.8, 4) is 5.75 Å². The number of phenolic OH excluding ortho intramolecular Hbond substituents is 1. The van der Waals surface area contributed by atoms with Gasteiger partial charge in [0.15, 0.2) is 0 Å². The van der Waals surface area contributed by atoms with Crippen LogP contribution in [0.25, 0.3) is 0 Å². The van der Waals surface area contributed by atoms with Crippen LogP contribution in [0.2, 0.25) is 0 Å². The Hall–Kier alpha value is -1.55. The Kier molecular flexibility index (Phi) is 4.15. The van der Waals surface area contributed by atoms with Crippen molar-refractivity contribution in [2.24, 2.45) is 17.6 Å². The highest BCUT2D eigenvalue weighted by Crippen LogP contribution is 2.36. The van der Waals surface area contributed by atoms with E-state index in [9.17, 15) is 9.90 Å². The van der Waals surface area contributed by atoms with Gasteiger partial charge < -0.3 is 15.7 Å². The second-order valence-electron chi connectivity index (χ2n) is 6.40. The number of benzene rings is 1. The molecule has 0 radical (unpaired) electrons. The lowest BCUT2D eigenvalue weighted by atomic mass is 9.94. The molecule has 4 heteroatoms. The third kappa shape index (κ3) is 3.21. The van der Waals surface area contributed by atoms with Gasteiger partial charge in [-0.2, -0.15) is 0 Å². The first-order chi connectivity index (χ1) is 10.2. The normalized spacial score (nSPS) is 25.0. The van der Waals surface area contributed by atoms with Crippen LogP contribution in [0.4, 0.5) is 0 Å². The average Bonchev–Trinajstić information content (AvgIpc) is 3.20. The largest absolute Gasteiger partial charge is 0.508 e. The predicted molar refractivity (Wildman–Crippen MR) is 81.6 cm³/mol. The number of carbonyl (C=O) groups is 1. The molecule has 114 valence electrons. The van der Waals surface area contributed by atoms with Gasteiger partial charge in [-0.1, -0.05) is 18.6 Å². The number of amides is 1. The van der Waals surface area contributed by atoms with Crippen molar-refractivity contribution in [1.29, 1.82) is 0 Å². The standard InChI is InChI=1S/C17H24N2O2/c18-10-13-4-2-6-16(13)17(21)19(14-7-8-14)11-12-3-1-5-15(20)9-12/h1,3,5,9,13-14,16,20H,2,4,6-8,10-11,18H2. The monoisotopic (exact) mass is 288 g/mol. The van der Waals surface area contributed by atoms with E-state index in [-0.39, 0.29) is 17.6 Å². The van der Waals surface area contributed by atoms with Crippen LogP contribution in [0, 0.1) is 11.8 Å². The van der Waals surface area contributed by atoms with Crippen LogP contribution in [0.5, 0.6) is 5.75 Å². The number of carbonyl (C=O) groups excluding carboxylic acids is 1. The maximum Gasteiger partial charge on any atom is 0.226 e. The fourth-order valence-electron chi connectivity index (χ4n) is 3.48. The number of rotatable bonds is 5. The highest BCUT2D eigenvalue weighted by atomic mass is 16.3. The SMILES string of the molecule is NCC1CCCC1C(=O)N(Cc1cccc(O)c1)C1CC1. The molecule has 2 fully saturated rings. The van der Waals surface area contributed by atoms with Crippen LogP contribution in [-0.2, 0) is 11.3 Å². The van der Waals surface area contributed by atoms with Crippen molar-refractivity contribution in [2.45, 2.75) is 44.7 Å². The molecule has 0 bridgehead atoms. The van der Waals surface area contributed by atoms with Crippen LogP contribution in [0.1, 0.15) is 37.7 Å². The predicted octanol–water partition coefficient (Wildman–Crippen LogP) is 2.26. The molecule has 2 aliphatic rings. The molecule has 1 aromatic carbocycles. The van der Waals surface area contributed by atoms with E-state index in [0.717, 1.165) is 37.7 Å². The van der Waals surface area contributed by atoms with Crippen molar-refractivity contribution < 1.29 is 9.90 Å². The molecule has 0 aromatic heterocycles. The first-order valence-electron chi connectivity index (χ1n) is 7.97. The molecule has 1 aromatic rings. The Labute approximate surface area is 125 Å². The molecule has 0 spiro atoms. The van der Waals surface area contributed by atoms with Gasteiger partial charge in [0, 0.05) is 18.5 Å². The van der Waals surface area contributed by atoms with Crippen molar-refractivity contribution in [2.75, 3.05) is 6.54 Å². The van der Waals surface area contributed by atoms with Gasteiger partial charge in [-0.25, -0.2) is 0 Å². The maximum atomic E-state index is 12.9. The second-order valence-corrected chi connectivity index (χ2v) is 6.40. The van der Waals surface area contributed by atoms with Crippen molar-refractivity contribution in [3.63, 3.8) is 0 Å². The Balaban J connectivity index is 1.74. The summed E-state index contributed by atoms with van der Waals surface area (Å²) in [6, 6.07) is 7.60. The van der Waals surface area contributed by atoms with Crippen molar-refractivity contribution in [3.05, 3.63) is 29.8 Å². The molecule has 0 heterocycles. The summed E-state index contributed by atoms with van der Waals surface area (Å²) in [4.78, 5) is 14.9. The molecule has 2 aliphatic carbocycles. The molecule has 21 heavy (non-hydrogen) atoms. The van der Waals surface area contributed by atoms with Crippen LogP contribution in [0.15, 0.2) is 24.3 Å². The maximum absolute atomic E-state index is 12.9. The van der Waals surface area contributed by atoms with Crippen LogP contribution < -0.4 is 5.73 Å². The lowest BCUT2D eigenvalue weighted by molar-refractivity contribution is -0.137. The first-order valence-corrected chi connectivity index (χ1v) is 7.97. The molecule has 3 rings (SSSR count). The average molecular weight is 288 g/mol. The minimum absolute atomic E-state index is 0.105. The molecule has 2 atom stereocenters. The van der Waals surface area contributed by atoms with E-state index in [0.29, 0.717) is 25.0 Å². The summed E-state index contributed by atoms with van der Waals surface area (Å²) >= 11 is 0. The Morgan fingerprint density at radius 1 is 1.29 bits per heavy atom. The number of hydrogen-bond acceptors (Lipinski definition) is 3. The minimum atomic E-state index is 0.105. The Bertz CT molecular complexity index is 513. The molecule has 4 nitrogen and oxygen atoms in total. The fourth-order valence-corrected chi connectivity index (χ4v) is 3.48. The molecule has 3 N–H and O–H groups in total. The zero-order valence-corrected chi connectivity index (χ0v) is 12.4. The van der Waals surface area contributed by atoms with E-state index >= 15 is 0 Å². The smallest absolute Gasteiger partial charge is 0.226 e. The van der Waals surface area contributed by atoms with Gasteiger partial charge in [0.2, 0.25) is 5.91 Å². The third-order valence-corrected chi connectivity index (χ3v) is 4.81. The summed E-state index contributed by atoms with van der Waals surface area (Å²) in [6.07, 6.45) is 5.37. The summed E-state index contributed by atoms with van der Waals surface area (Å²) in [5.74, 6) is 0.987. The molecule has 2 unspecified atom stereocenters. The molecule has 0 saturated heterocycles. The number of nitrogens with two attached hydrogens (primary N) is 1. The van der Waals surface area contributed by atoms with E-state index in [1.807, 2.05) is 17.0 Å². The molecule has 1 amide bonds. The van der Waals surface area contributed by atoms with Gasteiger partial charge >= 0.3 is 0 Å². The highest BCUT2D eigenvalue weighted by molar-refractivity contribution is 5.80. The second kappa shape index (κ2) is 6.06. The summed E-state index contributed by atoms with van der Waals surface area (Å²) in [7, 11) is 0. The van der Waals surface area contributed by atoms with Crippen LogP contribution in [0.3, 0.4) is 0 Å². The van der Waals surface area contributed by atoms with Gasteiger partial charge in [-0.15, -0.1) is 0 Å². The van der Waals surface area contributed by atoms with Gasteiger partial charge in [0.05, 0.1) is 0 Å². The van der Waals surface area contributed by atoms with Crippen LogP contribution >= 0.6 is 0 Å². The van der Waals surface area contributed by atoms with E-state index in [4.69, 9.17) is 5.73 Å². The van der Waals surface area contributed by atoms with E-state index in [1.54, 1.807) is 12.1 Å². The molecule has 2 saturated carbocycles. The minimum Gasteiger partial charge on any atom is -0.508 e. The van der Waals surface area contributed by atoms with Crippen molar-refractivity contribution >= 4 is 5.91 Å². The zero-order valence-electron chi connectivity index (χ0n) is 12.4. The van der Waals surface area contributed by atoms with Crippen molar-refractivity contribution in [1.82, 2.24) is 4.90 Å². The zero-order chi connectivity index (χ0) is 14.8. The summed E-state index contributed by atoms with van der Waals surface area (Å²) in [6.45, 7) is 1.22. The summed E-state index contributed by atoms with van der Waals surface area (Å²) in [5, 5.41) is 9.59. The fraction of sp³-hybridized carbons (Fsp3) is 0.588. The van der Waals surface area contributed by atoms with Crippen LogP contribution in [-0.4, -0.2) is 28.5 Å². The molecular weight excluding hydrogens is 264 g/mol. The molecule has 0 aliphatic heterocycles. The number of hydrogen-bond donors (Lipinski definition) is 2. The number of nitrogens with zero attached hydrogens (tertiary/aromatic N) is 1. The Morgan fingerprint density at radius 3 is 2.76 bits per heavy atom. The van der Waals surface area contributed by atoms with Gasteiger partial charge in [0.1, 0.15) is 5.75 Å². The first kappa shape index (κ1) is 14.4. The van der Waals surface area contributed by atoms with Gasteiger partial charge in [-0.3, -0.25) is 4.79 Å².